The van der Waals surface area contributed by atoms with Crippen LogP contribution in [-0.4, -0.2) is 69.7 Å². The summed E-state index contributed by atoms with van der Waals surface area (Å²) in [4.78, 5) is 43.6. The van der Waals surface area contributed by atoms with Gasteiger partial charge in [-0.3, -0.25) is 9.59 Å². The topological polar surface area (TPSA) is 132 Å². The summed E-state index contributed by atoms with van der Waals surface area (Å²) in [6, 6.07) is 3.03. The lowest BCUT2D eigenvalue weighted by Crippen LogP contribution is -2.60. The van der Waals surface area contributed by atoms with Crippen LogP contribution in [0.15, 0.2) is 23.8 Å². The molecule has 1 aromatic heterocycles. The number of aliphatic hydroxyl groups is 1. The highest BCUT2D eigenvalue weighted by molar-refractivity contribution is 5.95. The van der Waals surface area contributed by atoms with E-state index in [0.717, 1.165) is 50.2 Å². The van der Waals surface area contributed by atoms with E-state index < -0.39 is 29.4 Å². The Balaban J connectivity index is 1.68. The number of aliphatic hydroxyl groups excluding tert-OH is 1. The van der Waals surface area contributed by atoms with Crippen LogP contribution in [0.5, 0.6) is 0 Å². The number of aliphatic carboxylic acids is 1. The van der Waals surface area contributed by atoms with E-state index in [-0.39, 0.29) is 18.9 Å². The molecule has 9 nitrogen and oxygen atoms in total. The molecule has 3 rings (SSSR count). The summed E-state index contributed by atoms with van der Waals surface area (Å²) in [6.45, 7) is 4.21. The first-order valence-corrected chi connectivity index (χ1v) is 12.0. The number of likely N-dealkylation sites (N-methyl/N-ethyl adjacent to an activating group) is 1. The van der Waals surface area contributed by atoms with Crippen molar-refractivity contribution in [1.29, 1.82) is 0 Å². The van der Waals surface area contributed by atoms with Gasteiger partial charge in [0.1, 0.15) is 11.9 Å². The summed E-state index contributed by atoms with van der Waals surface area (Å²) < 4.78 is 0. The summed E-state index contributed by atoms with van der Waals surface area (Å²) in [6.07, 6.45) is 6.54. The molecular formula is C25H36N4O5. The Kier molecular flexibility index (Phi) is 8.30. The molecule has 0 radical (unpaired) electrons. The molecule has 34 heavy (non-hydrogen) atoms. The van der Waals surface area contributed by atoms with Gasteiger partial charge in [-0.15, -0.1) is 0 Å². The molecule has 2 amide bonds. The van der Waals surface area contributed by atoms with Crippen molar-refractivity contribution >= 4 is 23.6 Å². The maximum atomic E-state index is 13.2. The summed E-state index contributed by atoms with van der Waals surface area (Å²) >= 11 is 0. The zero-order valence-corrected chi connectivity index (χ0v) is 20.3. The summed E-state index contributed by atoms with van der Waals surface area (Å²) in [5, 5.41) is 24.4. The van der Waals surface area contributed by atoms with Crippen LogP contribution in [0, 0.1) is 5.92 Å². The number of anilines is 1. The van der Waals surface area contributed by atoms with Crippen molar-refractivity contribution in [2.24, 2.45) is 5.92 Å². The van der Waals surface area contributed by atoms with E-state index in [1.54, 1.807) is 18.9 Å². The van der Waals surface area contributed by atoms with Gasteiger partial charge >= 0.3 is 5.97 Å². The molecule has 0 aromatic carbocycles. The monoisotopic (exact) mass is 472 g/mol. The second-order valence-corrected chi connectivity index (χ2v) is 9.54. The van der Waals surface area contributed by atoms with E-state index in [2.05, 4.69) is 22.8 Å². The Morgan fingerprint density at radius 2 is 2.12 bits per heavy atom. The van der Waals surface area contributed by atoms with Crippen molar-refractivity contribution in [2.75, 3.05) is 25.5 Å². The second-order valence-electron chi connectivity index (χ2n) is 9.54. The smallest absolute Gasteiger partial charge is 0.326 e. The number of hydrogen-bond acceptors (Lipinski definition) is 6. The molecule has 0 saturated heterocycles. The number of carboxylic acid groups (broad SMARTS) is 1. The van der Waals surface area contributed by atoms with E-state index in [9.17, 15) is 19.5 Å². The fourth-order valence-corrected chi connectivity index (χ4v) is 5.05. The van der Waals surface area contributed by atoms with E-state index in [0.29, 0.717) is 12.0 Å². The molecule has 3 atom stereocenters. The van der Waals surface area contributed by atoms with Crippen LogP contribution in [0.2, 0.25) is 0 Å². The highest BCUT2D eigenvalue weighted by Gasteiger charge is 2.47. The third-order valence-corrected chi connectivity index (χ3v) is 7.14. The molecule has 2 aliphatic heterocycles. The van der Waals surface area contributed by atoms with Crippen LogP contribution in [-0.2, 0) is 27.2 Å². The summed E-state index contributed by atoms with van der Waals surface area (Å²) in [5.41, 5.74) is 2.08. The molecule has 1 aromatic rings. The van der Waals surface area contributed by atoms with Gasteiger partial charge in [-0.05, 0) is 57.6 Å². The number of carbonyl (C=O) groups excluding carboxylic acids is 2. The fraction of sp³-hybridized carbons (Fsp3) is 0.600. The van der Waals surface area contributed by atoms with Crippen LogP contribution < -0.4 is 10.6 Å². The number of nitrogens with one attached hydrogen (secondary N) is 2. The van der Waals surface area contributed by atoms with Crippen molar-refractivity contribution in [3.63, 3.8) is 0 Å². The van der Waals surface area contributed by atoms with Crippen molar-refractivity contribution in [3.05, 3.63) is 35.0 Å². The number of unbranched alkanes of at least 4 members (excludes halogenated alkanes) is 1. The molecular weight excluding hydrogens is 436 g/mol. The largest absolute Gasteiger partial charge is 0.480 e. The van der Waals surface area contributed by atoms with Gasteiger partial charge in [-0.1, -0.05) is 18.1 Å². The predicted molar refractivity (Wildman–Crippen MR) is 128 cm³/mol. The Bertz CT molecular complexity index is 963. The number of aryl methyl sites for hydroxylation is 2. The minimum atomic E-state index is -1.20. The molecule has 9 heteroatoms. The third kappa shape index (κ3) is 5.58. The number of fused-ring (bicyclic) bond motifs is 1. The Labute approximate surface area is 200 Å². The highest BCUT2D eigenvalue weighted by Crippen LogP contribution is 2.38. The van der Waals surface area contributed by atoms with E-state index in [1.165, 1.54) is 11.6 Å². The van der Waals surface area contributed by atoms with Gasteiger partial charge in [0.2, 0.25) is 11.8 Å². The van der Waals surface area contributed by atoms with Crippen LogP contribution >= 0.6 is 0 Å². The van der Waals surface area contributed by atoms with Gasteiger partial charge in [0.05, 0.1) is 11.5 Å². The molecule has 2 aliphatic rings. The van der Waals surface area contributed by atoms with Crippen molar-refractivity contribution < 1.29 is 24.6 Å². The zero-order valence-electron chi connectivity index (χ0n) is 20.3. The lowest BCUT2D eigenvalue weighted by atomic mass is 9.73. The first kappa shape index (κ1) is 25.7. The first-order valence-electron chi connectivity index (χ1n) is 12.0. The standard InChI is InChI=1S/C25H36N4O5/c1-16-15-20(31)29(3)25(2,21(16)23(32)28-19(11-14-30)24(33)34)12-5-4-8-18-10-9-17-7-6-13-26-22(17)27-18/h9-10,15,19,21,30H,4-8,11-14H2,1-3H3,(H,26,27)(H,28,32)(H,33,34). The number of nitrogens with zero attached hydrogens (tertiary/aromatic N) is 2. The minimum absolute atomic E-state index is 0.0787. The number of amides is 2. The predicted octanol–water partition coefficient (Wildman–Crippen LogP) is 1.90. The number of rotatable bonds is 10. The number of carboxylic acids is 1. The van der Waals surface area contributed by atoms with Gasteiger partial charge in [0, 0.05) is 38.4 Å². The van der Waals surface area contributed by atoms with Crippen LogP contribution in [0.4, 0.5) is 5.82 Å². The number of aromatic nitrogens is 1. The Morgan fingerprint density at radius 3 is 2.82 bits per heavy atom. The SMILES string of the molecule is CC1=CC(=O)N(C)C(C)(CCCCc2ccc3c(n2)NCCC3)C1C(=O)NC(CCO)C(=O)O. The molecule has 0 fully saturated rings. The Hall–Kier alpha value is -2.94. The number of carbonyl (C=O) groups is 3. The van der Waals surface area contributed by atoms with Gasteiger partial charge in [0.15, 0.2) is 0 Å². The van der Waals surface area contributed by atoms with Crippen LogP contribution in [0.25, 0.3) is 0 Å². The highest BCUT2D eigenvalue weighted by atomic mass is 16.4. The Morgan fingerprint density at radius 1 is 1.35 bits per heavy atom. The average Bonchev–Trinajstić information content (AvgIpc) is 2.80. The normalized spacial score (nSPS) is 22.9. The summed E-state index contributed by atoms with van der Waals surface area (Å²) in [7, 11) is 1.69. The number of pyridine rings is 1. The van der Waals surface area contributed by atoms with E-state index in [1.807, 2.05) is 6.92 Å². The van der Waals surface area contributed by atoms with Crippen LogP contribution in [0.3, 0.4) is 0 Å². The zero-order chi connectivity index (χ0) is 24.9. The van der Waals surface area contributed by atoms with Gasteiger partial charge in [0.25, 0.3) is 0 Å². The minimum Gasteiger partial charge on any atom is -0.480 e. The van der Waals surface area contributed by atoms with Crippen molar-refractivity contribution in [2.45, 2.75) is 70.4 Å². The fourth-order valence-electron chi connectivity index (χ4n) is 5.05. The lowest BCUT2D eigenvalue weighted by molar-refractivity contribution is -0.145. The molecule has 0 spiro atoms. The maximum Gasteiger partial charge on any atom is 0.326 e. The molecule has 4 N–H and O–H groups in total. The van der Waals surface area contributed by atoms with Gasteiger partial charge < -0.3 is 25.7 Å². The number of hydrogen-bond donors (Lipinski definition) is 4. The van der Waals surface area contributed by atoms with Crippen LogP contribution in [0.1, 0.15) is 57.2 Å². The molecule has 0 bridgehead atoms. The average molecular weight is 473 g/mol. The molecule has 0 aliphatic carbocycles. The van der Waals surface area contributed by atoms with Gasteiger partial charge in [-0.2, -0.15) is 0 Å². The molecule has 186 valence electrons. The molecule has 3 heterocycles. The van der Waals surface area contributed by atoms with Crippen molar-refractivity contribution in [3.8, 4) is 0 Å². The summed E-state index contributed by atoms with van der Waals surface area (Å²) in [5.74, 6) is -1.52. The van der Waals surface area contributed by atoms with E-state index in [4.69, 9.17) is 10.1 Å². The maximum absolute atomic E-state index is 13.2. The first-order chi connectivity index (χ1) is 16.2. The molecule has 3 unspecified atom stereocenters. The van der Waals surface area contributed by atoms with E-state index >= 15 is 0 Å². The van der Waals surface area contributed by atoms with Crippen molar-refractivity contribution in [1.82, 2.24) is 15.2 Å². The van der Waals surface area contributed by atoms with Gasteiger partial charge in [-0.25, -0.2) is 9.78 Å². The third-order valence-electron chi connectivity index (χ3n) is 7.14. The second kappa shape index (κ2) is 11.0. The lowest BCUT2D eigenvalue weighted by Gasteiger charge is -2.47. The quantitative estimate of drug-likeness (QED) is 0.382. The molecule has 0 saturated carbocycles.